The minimum absolute atomic E-state index is 0.213. The Morgan fingerprint density at radius 1 is 1.50 bits per heavy atom. The average molecular weight is 175 g/mol. The van der Waals surface area contributed by atoms with E-state index in [0.717, 1.165) is 0 Å². The number of hydrogen-bond acceptors (Lipinski definition) is 4. The number of nitrogens with two attached hydrogens (primary N) is 2. The zero-order valence-electron chi connectivity index (χ0n) is 6.62. The van der Waals surface area contributed by atoms with E-state index in [2.05, 4.69) is 5.32 Å². The molecule has 0 spiro atoms. The Bertz CT molecular complexity index is 171. The standard InChI is InChI=1S/C6H13N3O3/c7-1-2-9-5(10)3-4(8)6(11)12/h4H,1-3,7-8H2,(H,9,10)(H,11,12). The Hall–Kier alpha value is -1.14. The molecule has 6 N–H and O–H groups in total. The molecule has 0 aromatic rings. The van der Waals surface area contributed by atoms with E-state index in [0.29, 0.717) is 13.1 Å². The first-order chi connectivity index (χ1) is 5.57. The molecule has 0 bridgehead atoms. The minimum Gasteiger partial charge on any atom is -0.480 e. The summed E-state index contributed by atoms with van der Waals surface area (Å²) < 4.78 is 0. The summed E-state index contributed by atoms with van der Waals surface area (Å²) >= 11 is 0. The summed E-state index contributed by atoms with van der Waals surface area (Å²) in [6.07, 6.45) is -0.213. The van der Waals surface area contributed by atoms with E-state index in [1.165, 1.54) is 0 Å². The van der Waals surface area contributed by atoms with Gasteiger partial charge in [0, 0.05) is 13.1 Å². The maximum Gasteiger partial charge on any atom is 0.321 e. The number of carbonyl (C=O) groups excluding carboxylic acids is 1. The van der Waals surface area contributed by atoms with Crippen LogP contribution in [-0.4, -0.2) is 36.1 Å². The molecule has 0 aliphatic rings. The number of nitrogens with one attached hydrogen (secondary N) is 1. The summed E-state index contributed by atoms with van der Waals surface area (Å²) in [7, 11) is 0. The van der Waals surface area contributed by atoms with Gasteiger partial charge in [0.2, 0.25) is 5.91 Å². The lowest BCUT2D eigenvalue weighted by Gasteiger charge is -2.05. The summed E-state index contributed by atoms with van der Waals surface area (Å²) in [5, 5.41) is 10.7. The summed E-state index contributed by atoms with van der Waals surface area (Å²) in [5.74, 6) is -1.58. The van der Waals surface area contributed by atoms with Crippen LogP contribution in [0, 0.1) is 0 Å². The van der Waals surface area contributed by atoms with E-state index in [1.54, 1.807) is 0 Å². The van der Waals surface area contributed by atoms with Crippen molar-refractivity contribution in [1.82, 2.24) is 5.32 Å². The Labute approximate surface area is 69.9 Å². The monoisotopic (exact) mass is 175 g/mol. The fraction of sp³-hybridized carbons (Fsp3) is 0.667. The number of rotatable bonds is 5. The van der Waals surface area contributed by atoms with Crippen LogP contribution in [-0.2, 0) is 9.59 Å². The predicted octanol–water partition coefficient (Wildman–Crippen LogP) is -2.14. The molecule has 1 amide bonds. The van der Waals surface area contributed by atoms with Crippen molar-refractivity contribution in [3.8, 4) is 0 Å². The van der Waals surface area contributed by atoms with E-state index >= 15 is 0 Å². The Kier molecular flexibility index (Phi) is 4.98. The second kappa shape index (κ2) is 5.50. The number of carbonyl (C=O) groups is 2. The van der Waals surface area contributed by atoms with Crippen LogP contribution in [0.3, 0.4) is 0 Å². The highest BCUT2D eigenvalue weighted by Gasteiger charge is 2.15. The van der Waals surface area contributed by atoms with Crippen LogP contribution in [0.1, 0.15) is 6.42 Å². The number of amides is 1. The van der Waals surface area contributed by atoms with E-state index < -0.39 is 17.9 Å². The summed E-state index contributed by atoms with van der Waals surface area (Å²) in [6, 6.07) is -1.14. The lowest BCUT2D eigenvalue weighted by Crippen LogP contribution is -2.38. The van der Waals surface area contributed by atoms with Crippen LogP contribution in [0.15, 0.2) is 0 Å². The molecule has 0 saturated heterocycles. The first kappa shape index (κ1) is 10.9. The normalized spacial score (nSPS) is 12.2. The third kappa shape index (κ3) is 4.64. The molecule has 0 saturated carbocycles. The lowest BCUT2D eigenvalue weighted by molar-refractivity contribution is -0.140. The fourth-order valence-corrected chi connectivity index (χ4v) is 0.571. The van der Waals surface area contributed by atoms with Crippen LogP contribution >= 0.6 is 0 Å². The molecule has 0 fully saturated rings. The van der Waals surface area contributed by atoms with Crippen molar-refractivity contribution in [1.29, 1.82) is 0 Å². The third-order valence-electron chi connectivity index (χ3n) is 1.19. The average Bonchev–Trinajstić information content (AvgIpc) is 2.00. The fourth-order valence-electron chi connectivity index (χ4n) is 0.571. The van der Waals surface area contributed by atoms with Crippen molar-refractivity contribution in [3.05, 3.63) is 0 Å². The molecule has 0 heterocycles. The van der Waals surface area contributed by atoms with Gasteiger partial charge in [0.15, 0.2) is 0 Å². The molecule has 12 heavy (non-hydrogen) atoms. The molecule has 70 valence electrons. The molecule has 1 atom stereocenters. The SMILES string of the molecule is NCCNC(=O)CC(N)C(=O)O. The van der Waals surface area contributed by atoms with Crippen molar-refractivity contribution >= 4 is 11.9 Å². The van der Waals surface area contributed by atoms with Gasteiger partial charge in [-0.1, -0.05) is 0 Å². The molecule has 0 aromatic carbocycles. The van der Waals surface area contributed by atoms with E-state index in [9.17, 15) is 9.59 Å². The zero-order valence-corrected chi connectivity index (χ0v) is 6.62. The first-order valence-electron chi connectivity index (χ1n) is 3.53. The minimum atomic E-state index is -1.18. The lowest BCUT2D eigenvalue weighted by atomic mass is 10.2. The van der Waals surface area contributed by atoms with E-state index in [-0.39, 0.29) is 6.42 Å². The van der Waals surface area contributed by atoms with Crippen molar-refractivity contribution < 1.29 is 14.7 Å². The molecule has 1 unspecified atom stereocenters. The molecule has 0 aliphatic heterocycles. The topological polar surface area (TPSA) is 118 Å². The Morgan fingerprint density at radius 2 is 2.08 bits per heavy atom. The molecule has 0 rings (SSSR count). The van der Waals surface area contributed by atoms with Gasteiger partial charge >= 0.3 is 5.97 Å². The molecule has 0 aromatic heterocycles. The highest BCUT2D eigenvalue weighted by molar-refractivity contribution is 5.84. The summed E-state index contributed by atoms with van der Waals surface area (Å²) in [6.45, 7) is 0.666. The van der Waals surface area contributed by atoms with E-state index in [4.69, 9.17) is 16.6 Å². The molecule has 0 aliphatic carbocycles. The van der Waals surface area contributed by atoms with Gasteiger partial charge in [-0.25, -0.2) is 0 Å². The van der Waals surface area contributed by atoms with Crippen molar-refractivity contribution in [2.45, 2.75) is 12.5 Å². The Morgan fingerprint density at radius 3 is 2.50 bits per heavy atom. The van der Waals surface area contributed by atoms with Crippen molar-refractivity contribution in [3.63, 3.8) is 0 Å². The van der Waals surface area contributed by atoms with Crippen LogP contribution in [0.25, 0.3) is 0 Å². The zero-order chi connectivity index (χ0) is 9.56. The molecule has 0 radical (unpaired) electrons. The number of aliphatic carboxylic acids is 1. The van der Waals surface area contributed by atoms with Crippen LogP contribution < -0.4 is 16.8 Å². The van der Waals surface area contributed by atoms with Crippen LogP contribution in [0.4, 0.5) is 0 Å². The highest BCUT2D eigenvalue weighted by atomic mass is 16.4. The van der Waals surface area contributed by atoms with Crippen LogP contribution in [0.5, 0.6) is 0 Å². The predicted molar refractivity (Wildman–Crippen MR) is 42.3 cm³/mol. The molecular weight excluding hydrogens is 162 g/mol. The van der Waals surface area contributed by atoms with Gasteiger partial charge in [0.25, 0.3) is 0 Å². The van der Waals surface area contributed by atoms with Gasteiger partial charge < -0.3 is 21.9 Å². The van der Waals surface area contributed by atoms with Crippen LogP contribution in [0.2, 0.25) is 0 Å². The van der Waals surface area contributed by atoms with Gasteiger partial charge in [-0.15, -0.1) is 0 Å². The van der Waals surface area contributed by atoms with Gasteiger partial charge in [-0.05, 0) is 0 Å². The highest BCUT2D eigenvalue weighted by Crippen LogP contribution is 1.87. The number of carboxylic acids is 1. The Balaban J connectivity index is 3.61. The smallest absolute Gasteiger partial charge is 0.321 e. The first-order valence-corrected chi connectivity index (χ1v) is 3.53. The quantitative estimate of drug-likeness (QED) is 0.380. The van der Waals surface area contributed by atoms with Crippen molar-refractivity contribution in [2.24, 2.45) is 11.5 Å². The maximum atomic E-state index is 10.8. The van der Waals surface area contributed by atoms with Gasteiger partial charge in [0.05, 0.1) is 6.42 Å². The second-order valence-electron chi connectivity index (χ2n) is 2.29. The van der Waals surface area contributed by atoms with Crippen molar-refractivity contribution in [2.75, 3.05) is 13.1 Å². The molecule has 6 heteroatoms. The number of hydrogen-bond donors (Lipinski definition) is 4. The van der Waals surface area contributed by atoms with Gasteiger partial charge in [-0.2, -0.15) is 0 Å². The maximum absolute atomic E-state index is 10.8. The summed E-state index contributed by atoms with van der Waals surface area (Å²) in [4.78, 5) is 21.0. The third-order valence-corrected chi connectivity index (χ3v) is 1.19. The second-order valence-corrected chi connectivity index (χ2v) is 2.29. The van der Waals surface area contributed by atoms with Gasteiger partial charge in [0.1, 0.15) is 6.04 Å². The largest absolute Gasteiger partial charge is 0.480 e. The van der Waals surface area contributed by atoms with Gasteiger partial charge in [-0.3, -0.25) is 9.59 Å². The number of carboxylic acid groups (broad SMARTS) is 1. The summed E-state index contributed by atoms with van der Waals surface area (Å²) in [5.41, 5.74) is 10.2. The molecule has 6 nitrogen and oxygen atoms in total. The van der Waals surface area contributed by atoms with E-state index in [1.807, 2.05) is 0 Å². The molecular formula is C6H13N3O3.